The Morgan fingerprint density at radius 2 is 1.96 bits per heavy atom. The van der Waals surface area contributed by atoms with Crippen LogP contribution in [0.25, 0.3) is 11.3 Å². The number of nitro benzene ring substituents is 1. The average Bonchev–Trinajstić information content (AvgIpc) is 3.15. The Bertz CT molecular complexity index is 979. The summed E-state index contributed by atoms with van der Waals surface area (Å²) in [5, 5.41) is 17.6. The number of benzene rings is 2. The van der Waals surface area contributed by atoms with Gasteiger partial charge >= 0.3 is 0 Å². The second-order valence-corrected chi connectivity index (χ2v) is 5.85. The SMILES string of the molecule is COc1ccc(-c2cc(CNC(=O)c3ccc(C)c([N+](=O)[O-])c3)no2)cc1. The third kappa shape index (κ3) is 4.12. The Morgan fingerprint density at radius 3 is 2.63 bits per heavy atom. The zero-order valence-corrected chi connectivity index (χ0v) is 14.8. The fourth-order valence-corrected chi connectivity index (χ4v) is 2.51. The molecule has 1 heterocycles. The first-order valence-electron chi connectivity index (χ1n) is 8.11. The molecule has 0 bridgehead atoms. The number of ether oxygens (including phenoxy) is 1. The number of nitro groups is 1. The maximum absolute atomic E-state index is 12.2. The number of nitrogens with one attached hydrogen (secondary N) is 1. The fraction of sp³-hybridized carbons (Fsp3) is 0.158. The highest BCUT2D eigenvalue weighted by molar-refractivity contribution is 5.94. The maximum atomic E-state index is 12.2. The van der Waals surface area contributed by atoms with E-state index < -0.39 is 10.8 Å². The van der Waals surface area contributed by atoms with E-state index in [1.807, 2.05) is 24.3 Å². The number of carbonyl (C=O) groups is 1. The predicted octanol–water partition coefficient (Wildman–Crippen LogP) is 3.50. The number of amides is 1. The van der Waals surface area contributed by atoms with Crippen molar-refractivity contribution < 1.29 is 19.0 Å². The summed E-state index contributed by atoms with van der Waals surface area (Å²) in [4.78, 5) is 22.7. The van der Waals surface area contributed by atoms with E-state index in [2.05, 4.69) is 10.5 Å². The fourth-order valence-electron chi connectivity index (χ4n) is 2.51. The second-order valence-electron chi connectivity index (χ2n) is 5.85. The van der Waals surface area contributed by atoms with Crippen LogP contribution in [0.1, 0.15) is 21.6 Å². The van der Waals surface area contributed by atoms with Gasteiger partial charge in [-0.3, -0.25) is 14.9 Å². The molecule has 0 radical (unpaired) electrons. The molecular weight excluding hydrogens is 350 g/mol. The molecule has 0 spiro atoms. The van der Waals surface area contributed by atoms with Gasteiger partial charge in [-0.25, -0.2) is 0 Å². The van der Waals surface area contributed by atoms with E-state index in [-0.39, 0.29) is 17.8 Å². The third-order valence-corrected chi connectivity index (χ3v) is 4.03. The van der Waals surface area contributed by atoms with Gasteiger partial charge in [0.15, 0.2) is 5.76 Å². The van der Waals surface area contributed by atoms with Crippen LogP contribution in [0.3, 0.4) is 0 Å². The van der Waals surface area contributed by atoms with Crippen LogP contribution in [0.15, 0.2) is 53.1 Å². The number of aryl methyl sites for hydroxylation is 1. The average molecular weight is 367 g/mol. The van der Waals surface area contributed by atoms with Gasteiger partial charge in [0, 0.05) is 28.8 Å². The monoisotopic (exact) mass is 367 g/mol. The molecule has 0 aliphatic rings. The van der Waals surface area contributed by atoms with Gasteiger partial charge in [0.2, 0.25) is 0 Å². The number of hydrogen-bond acceptors (Lipinski definition) is 6. The summed E-state index contributed by atoms with van der Waals surface area (Å²) in [6, 6.07) is 13.4. The first kappa shape index (κ1) is 18.1. The summed E-state index contributed by atoms with van der Waals surface area (Å²) in [5.41, 5.74) is 1.99. The lowest BCUT2D eigenvalue weighted by Gasteiger charge is -2.04. The molecule has 1 amide bonds. The highest BCUT2D eigenvalue weighted by Gasteiger charge is 2.15. The maximum Gasteiger partial charge on any atom is 0.273 e. The van der Waals surface area contributed by atoms with E-state index in [9.17, 15) is 14.9 Å². The molecule has 0 aliphatic heterocycles. The van der Waals surface area contributed by atoms with Gasteiger partial charge in [0.1, 0.15) is 11.4 Å². The van der Waals surface area contributed by atoms with Crippen molar-refractivity contribution in [2.75, 3.05) is 7.11 Å². The van der Waals surface area contributed by atoms with E-state index >= 15 is 0 Å². The van der Waals surface area contributed by atoms with Crippen molar-refractivity contribution >= 4 is 11.6 Å². The van der Waals surface area contributed by atoms with Crippen LogP contribution in [0.2, 0.25) is 0 Å². The van der Waals surface area contributed by atoms with Gasteiger partial charge in [-0.2, -0.15) is 0 Å². The van der Waals surface area contributed by atoms with E-state index in [0.717, 1.165) is 11.3 Å². The summed E-state index contributed by atoms with van der Waals surface area (Å²) in [6.45, 7) is 1.76. The number of hydrogen-bond donors (Lipinski definition) is 1. The summed E-state index contributed by atoms with van der Waals surface area (Å²) in [6.07, 6.45) is 0. The van der Waals surface area contributed by atoms with Crippen LogP contribution in [-0.4, -0.2) is 23.1 Å². The van der Waals surface area contributed by atoms with Crippen molar-refractivity contribution in [2.24, 2.45) is 0 Å². The van der Waals surface area contributed by atoms with Gasteiger partial charge in [0.25, 0.3) is 11.6 Å². The molecular formula is C19H17N3O5. The molecule has 3 rings (SSSR count). The van der Waals surface area contributed by atoms with Gasteiger partial charge in [-0.15, -0.1) is 0 Å². The van der Waals surface area contributed by atoms with E-state index in [1.54, 1.807) is 32.2 Å². The van der Waals surface area contributed by atoms with Crippen LogP contribution < -0.4 is 10.1 Å². The second kappa shape index (κ2) is 7.69. The molecule has 138 valence electrons. The summed E-state index contributed by atoms with van der Waals surface area (Å²) < 4.78 is 10.4. The highest BCUT2D eigenvalue weighted by Crippen LogP contribution is 2.23. The summed E-state index contributed by atoms with van der Waals surface area (Å²) in [5.74, 6) is 0.873. The molecule has 2 aromatic carbocycles. The van der Waals surface area contributed by atoms with Crippen LogP contribution in [-0.2, 0) is 6.54 Å². The molecule has 0 aliphatic carbocycles. The topological polar surface area (TPSA) is 108 Å². The zero-order valence-electron chi connectivity index (χ0n) is 14.8. The van der Waals surface area contributed by atoms with Crippen molar-refractivity contribution in [3.63, 3.8) is 0 Å². The molecule has 8 heteroatoms. The lowest BCUT2D eigenvalue weighted by Crippen LogP contribution is -2.23. The van der Waals surface area contributed by atoms with Gasteiger partial charge in [-0.1, -0.05) is 11.2 Å². The van der Waals surface area contributed by atoms with Crippen molar-refractivity contribution in [3.05, 3.63) is 75.5 Å². The quantitative estimate of drug-likeness (QED) is 0.528. The highest BCUT2D eigenvalue weighted by atomic mass is 16.6. The molecule has 8 nitrogen and oxygen atoms in total. The Hall–Kier alpha value is -3.68. The molecule has 27 heavy (non-hydrogen) atoms. The zero-order chi connectivity index (χ0) is 19.4. The van der Waals surface area contributed by atoms with Crippen LogP contribution >= 0.6 is 0 Å². The number of carbonyl (C=O) groups excluding carboxylic acids is 1. The minimum atomic E-state index is -0.509. The minimum absolute atomic E-state index is 0.0918. The third-order valence-electron chi connectivity index (χ3n) is 4.03. The number of aromatic nitrogens is 1. The van der Waals surface area contributed by atoms with E-state index in [0.29, 0.717) is 17.0 Å². The summed E-state index contributed by atoms with van der Waals surface area (Å²) >= 11 is 0. The Balaban J connectivity index is 1.67. The Kier molecular flexibility index (Phi) is 5.16. The molecule has 3 aromatic rings. The predicted molar refractivity (Wildman–Crippen MR) is 97.5 cm³/mol. The smallest absolute Gasteiger partial charge is 0.273 e. The molecule has 0 atom stereocenters. The van der Waals surface area contributed by atoms with Crippen LogP contribution in [0.5, 0.6) is 5.75 Å². The van der Waals surface area contributed by atoms with Crippen molar-refractivity contribution in [3.8, 4) is 17.1 Å². The lowest BCUT2D eigenvalue weighted by atomic mass is 10.1. The standard InChI is InChI=1S/C19H17N3O5/c1-12-3-4-14(9-17(12)22(24)25)19(23)20-11-15-10-18(27-21-15)13-5-7-16(26-2)8-6-13/h3-10H,11H2,1-2H3,(H,20,23). The van der Waals surface area contributed by atoms with Crippen molar-refractivity contribution in [2.45, 2.75) is 13.5 Å². The molecule has 1 N–H and O–H groups in total. The Morgan fingerprint density at radius 1 is 1.22 bits per heavy atom. The summed E-state index contributed by atoms with van der Waals surface area (Å²) in [7, 11) is 1.59. The van der Waals surface area contributed by atoms with Crippen molar-refractivity contribution in [1.29, 1.82) is 0 Å². The largest absolute Gasteiger partial charge is 0.497 e. The van der Waals surface area contributed by atoms with Gasteiger partial charge < -0.3 is 14.6 Å². The molecule has 0 fully saturated rings. The van der Waals surface area contributed by atoms with Crippen LogP contribution in [0.4, 0.5) is 5.69 Å². The van der Waals surface area contributed by atoms with Crippen molar-refractivity contribution in [1.82, 2.24) is 10.5 Å². The molecule has 0 saturated heterocycles. The molecule has 0 saturated carbocycles. The van der Waals surface area contributed by atoms with Gasteiger partial charge in [-0.05, 0) is 37.3 Å². The first-order valence-corrected chi connectivity index (χ1v) is 8.11. The van der Waals surface area contributed by atoms with E-state index in [4.69, 9.17) is 9.26 Å². The van der Waals surface area contributed by atoms with Crippen LogP contribution in [0, 0.1) is 17.0 Å². The molecule has 0 unspecified atom stereocenters. The number of nitrogens with zero attached hydrogens (tertiary/aromatic N) is 2. The normalized spacial score (nSPS) is 10.4. The minimum Gasteiger partial charge on any atom is -0.497 e. The lowest BCUT2D eigenvalue weighted by molar-refractivity contribution is -0.385. The van der Waals surface area contributed by atoms with E-state index in [1.165, 1.54) is 6.07 Å². The first-order chi connectivity index (χ1) is 13.0. The number of methoxy groups -OCH3 is 1. The molecule has 1 aromatic heterocycles. The Labute approximate surface area is 154 Å². The number of rotatable bonds is 6. The van der Waals surface area contributed by atoms with Gasteiger partial charge in [0.05, 0.1) is 18.6 Å².